The second-order valence-electron chi connectivity index (χ2n) is 6.25. The lowest BCUT2D eigenvalue weighted by molar-refractivity contribution is -0.152. The summed E-state index contributed by atoms with van der Waals surface area (Å²) in [5.74, 6) is -1.47. The maximum Gasteiger partial charge on any atom is 0.323 e. The molecule has 2 aromatic carbocycles. The molecule has 0 spiro atoms. The van der Waals surface area contributed by atoms with Crippen molar-refractivity contribution in [1.29, 1.82) is 0 Å². The Bertz CT molecular complexity index is 730. The number of ether oxygens (including phenoxy) is 2. The standard InChI is InChI=1S/C22H25NO4/c1-2-9-19(21(24)26-15-17-10-5-3-6-11-17)14-20(23)22(25)27-16-18-12-7-4-8-13-18/h2-8,10-13,19-20H,1,9,14-16,23H2/t19-,20+/m1/s1. The minimum Gasteiger partial charge on any atom is -0.461 e. The number of carbonyl (C=O) groups is 2. The average molecular weight is 367 g/mol. The van der Waals surface area contributed by atoms with E-state index in [0.717, 1.165) is 11.1 Å². The van der Waals surface area contributed by atoms with Crippen molar-refractivity contribution in [2.75, 3.05) is 0 Å². The smallest absolute Gasteiger partial charge is 0.323 e. The minimum atomic E-state index is -0.900. The summed E-state index contributed by atoms with van der Waals surface area (Å²) in [5.41, 5.74) is 7.72. The Morgan fingerprint density at radius 2 is 1.37 bits per heavy atom. The van der Waals surface area contributed by atoms with Crippen LogP contribution in [0.2, 0.25) is 0 Å². The number of rotatable bonds is 10. The molecule has 2 atom stereocenters. The molecule has 0 fully saturated rings. The minimum absolute atomic E-state index is 0.146. The van der Waals surface area contributed by atoms with Crippen molar-refractivity contribution < 1.29 is 19.1 Å². The van der Waals surface area contributed by atoms with Gasteiger partial charge in [0.15, 0.2) is 0 Å². The fraction of sp³-hybridized carbons (Fsp3) is 0.273. The van der Waals surface area contributed by atoms with Gasteiger partial charge in [0.25, 0.3) is 0 Å². The summed E-state index contributed by atoms with van der Waals surface area (Å²) in [6, 6.07) is 17.8. The van der Waals surface area contributed by atoms with Crippen LogP contribution in [0.4, 0.5) is 0 Å². The van der Waals surface area contributed by atoms with Crippen LogP contribution in [0, 0.1) is 5.92 Å². The molecule has 2 aromatic rings. The third-order valence-electron chi connectivity index (χ3n) is 4.07. The lowest BCUT2D eigenvalue weighted by Gasteiger charge is -2.18. The van der Waals surface area contributed by atoms with E-state index in [0.29, 0.717) is 6.42 Å². The molecule has 0 aliphatic rings. The van der Waals surface area contributed by atoms with Gasteiger partial charge in [0.2, 0.25) is 0 Å². The fourth-order valence-corrected chi connectivity index (χ4v) is 2.57. The SMILES string of the molecule is C=CC[C@H](C[C@H](N)C(=O)OCc1ccccc1)C(=O)OCc1ccccc1. The van der Waals surface area contributed by atoms with Crippen LogP contribution >= 0.6 is 0 Å². The van der Waals surface area contributed by atoms with Gasteiger partial charge in [-0.25, -0.2) is 0 Å². The quantitative estimate of drug-likeness (QED) is 0.514. The molecule has 0 aromatic heterocycles. The number of esters is 2. The molecule has 0 unspecified atom stereocenters. The maximum absolute atomic E-state index is 12.4. The Balaban J connectivity index is 1.84. The second-order valence-corrected chi connectivity index (χ2v) is 6.25. The van der Waals surface area contributed by atoms with Crippen LogP contribution in [0.5, 0.6) is 0 Å². The highest BCUT2D eigenvalue weighted by Gasteiger charge is 2.26. The van der Waals surface area contributed by atoms with E-state index in [9.17, 15) is 9.59 Å². The summed E-state index contributed by atoms with van der Waals surface area (Å²) in [4.78, 5) is 24.5. The van der Waals surface area contributed by atoms with Crippen LogP contribution < -0.4 is 5.73 Å². The lowest BCUT2D eigenvalue weighted by atomic mass is 9.97. The topological polar surface area (TPSA) is 78.6 Å². The largest absolute Gasteiger partial charge is 0.461 e. The van der Waals surface area contributed by atoms with E-state index in [2.05, 4.69) is 6.58 Å². The van der Waals surface area contributed by atoms with Crippen molar-refractivity contribution in [3.05, 3.63) is 84.4 Å². The molecule has 5 nitrogen and oxygen atoms in total. The molecule has 0 saturated carbocycles. The summed E-state index contributed by atoms with van der Waals surface area (Å²) in [6.45, 7) is 4.00. The highest BCUT2D eigenvalue weighted by molar-refractivity contribution is 5.78. The van der Waals surface area contributed by atoms with Crippen molar-refractivity contribution in [3.8, 4) is 0 Å². The molecule has 0 radical (unpaired) electrons. The summed E-state index contributed by atoms with van der Waals surface area (Å²) >= 11 is 0. The molecule has 0 amide bonds. The van der Waals surface area contributed by atoms with Gasteiger partial charge in [-0.3, -0.25) is 9.59 Å². The van der Waals surface area contributed by atoms with E-state index >= 15 is 0 Å². The summed E-state index contributed by atoms with van der Waals surface area (Å²) in [5, 5.41) is 0. The van der Waals surface area contributed by atoms with Crippen LogP contribution in [0.3, 0.4) is 0 Å². The molecule has 0 aliphatic heterocycles. The molecule has 2 N–H and O–H groups in total. The van der Waals surface area contributed by atoms with E-state index in [-0.39, 0.29) is 19.6 Å². The first kappa shape index (κ1) is 20.4. The summed E-state index contributed by atoms with van der Waals surface area (Å²) in [6.07, 6.45) is 2.15. The molecule has 5 heteroatoms. The molecule has 2 rings (SSSR count). The van der Waals surface area contributed by atoms with Crippen molar-refractivity contribution >= 4 is 11.9 Å². The molecule has 27 heavy (non-hydrogen) atoms. The van der Waals surface area contributed by atoms with E-state index in [1.807, 2.05) is 60.7 Å². The molecule has 0 bridgehead atoms. The van der Waals surface area contributed by atoms with Crippen LogP contribution in [-0.4, -0.2) is 18.0 Å². The maximum atomic E-state index is 12.4. The van der Waals surface area contributed by atoms with Crippen LogP contribution in [0.1, 0.15) is 24.0 Å². The van der Waals surface area contributed by atoms with Crippen LogP contribution in [0.25, 0.3) is 0 Å². The van der Waals surface area contributed by atoms with Crippen LogP contribution in [0.15, 0.2) is 73.3 Å². The van der Waals surface area contributed by atoms with Gasteiger partial charge in [0.1, 0.15) is 19.3 Å². The van der Waals surface area contributed by atoms with Gasteiger partial charge in [-0.15, -0.1) is 6.58 Å². The summed E-state index contributed by atoms with van der Waals surface area (Å²) < 4.78 is 10.6. The van der Waals surface area contributed by atoms with Crippen molar-refractivity contribution in [2.24, 2.45) is 11.7 Å². The monoisotopic (exact) mass is 367 g/mol. The average Bonchev–Trinajstić information content (AvgIpc) is 2.71. The first-order valence-electron chi connectivity index (χ1n) is 8.87. The fourth-order valence-electron chi connectivity index (χ4n) is 2.57. The first-order chi connectivity index (χ1) is 13.1. The van der Waals surface area contributed by atoms with E-state index < -0.39 is 23.9 Å². The second kappa shape index (κ2) is 10.9. The third-order valence-corrected chi connectivity index (χ3v) is 4.07. The molecular formula is C22H25NO4. The third kappa shape index (κ3) is 7.07. The van der Waals surface area contributed by atoms with Gasteiger partial charge < -0.3 is 15.2 Å². The Morgan fingerprint density at radius 1 is 0.889 bits per heavy atom. The number of hydrogen-bond acceptors (Lipinski definition) is 5. The lowest BCUT2D eigenvalue weighted by Crippen LogP contribution is -2.36. The van der Waals surface area contributed by atoms with Crippen molar-refractivity contribution in [1.82, 2.24) is 0 Å². The highest BCUT2D eigenvalue weighted by atomic mass is 16.5. The van der Waals surface area contributed by atoms with Crippen molar-refractivity contribution in [3.63, 3.8) is 0 Å². The Morgan fingerprint density at radius 3 is 1.85 bits per heavy atom. The van der Waals surface area contributed by atoms with Crippen LogP contribution in [-0.2, 0) is 32.3 Å². The molecule has 0 saturated heterocycles. The number of nitrogens with two attached hydrogens (primary N) is 1. The molecule has 142 valence electrons. The van der Waals surface area contributed by atoms with Crippen molar-refractivity contribution in [2.45, 2.75) is 32.1 Å². The number of allylic oxidation sites excluding steroid dienone is 1. The van der Waals surface area contributed by atoms with Gasteiger partial charge in [0.05, 0.1) is 5.92 Å². The normalized spacial score (nSPS) is 12.6. The zero-order valence-corrected chi connectivity index (χ0v) is 15.3. The van der Waals surface area contributed by atoms with Gasteiger partial charge in [0, 0.05) is 0 Å². The van der Waals surface area contributed by atoms with E-state index in [1.165, 1.54) is 0 Å². The van der Waals surface area contributed by atoms with Gasteiger partial charge in [-0.1, -0.05) is 66.7 Å². The summed E-state index contributed by atoms with van der Waals surface area (Å²) in [7, 11) is 0. The van der Waals surface area contributed by atoms with E-state index in [4.69, 9.17) is 15.2 Å². The Kier molecular flexibility index (Phi) is 8.26. The van der Waals surface area contributed by atoms with Gasteiger partial charge in [-0.05, 0) is 24.0 Å². The van der Waals surface area contributed by atoms with Gasteiger partial charge in [-0.2, -0.15) is 0 Å². The Hall–Kier alpha value is -2.92. The number of benzene rings is 2. The predicted molar refractivity (Wildman–Crippen MR) is 103 cm³/mol. The van der Waals surface area contributed by atoms with Gasteiger partial charge >= 0.3 is 11.9 Å². The number of carbonyl (C=O) groups excluding carboxylic acids is 2. The molecular weight excluding hydrogens is 342 g/mol. The zero-order valence-electron chi connectivity index (χ0n) is 15.3. The zero-order chi connectivity index (χ0) is 19.5. The highest BCUT2D eigenvalue weighted by Crippen LogP contribution is 2.16. The Labute approximate surface area is 159 Å². The van der Waals surface area contributed by atoms with E-state index in [1.54, 1.807) is 6.08 Å². The molecule has 0 aliphatic carbocycles. The molecule has 0 heterocycles. The predicted octanol–water partition coefficient (Wildman–Crippen LogP) is 3.38. The number of hydrogen-bond donors (Lipinski definition) is 1. The first-order valence-corrected chi connectivity index (χ1v) is 8.87.